The molecule has 5 nitrogen and oxygen atoms in total. The molecule has 0 aliphatic carbocycles. The van der Waals surface area contributed by atoms with E-state index in [0.29, 0.717) is 0 Å². The van der Waals surface area contributed by atoms with Gasteiger partial charge in [-0.3, -0.25) is 0 Å². The highest BCUT2D eigenvalue weighted by Crippen LogP contribution is 1.88. The lowest BCUT2D eigenvalue weighted by molar-refractivity contribution is 0.203. The fourth-order valence-electron chi connectivity index (χ4n) is 1.85. The van der Waals surface area contributed by atoms with Crippen molar-refractivity contribution in [2.75, 3.05) is 73.1 Å². The van der Waals surface area contributed by atoms with Gasteiger partial charge in [0.15, 0.2) is 0 Å². The van der Waals surface area contributed by atoms with E-state index in [9.17, 15) is 0 Å². The average Bonchev–Trinajstić information content (AvgIpc) is 2.48. The highest BCUT2D eigenvalue weighted by atomic mass is 16.3. The lowest BCUT2D eigenvalue weighted by atomic mass is 10.4. The topological polar surface area (TPSA) is 50.8 Å². The van der Waals surface area contributed by atoms with E-state index in [0.717, 1.165) is 32.7 Å². The van der Waals surface area contributed by atoms with Crippen LogP contribution < -0.4 is 10.6 Å². The molecule has 0 rings (SSSR count). The number of hydrogen-bond donors (Lipinski definition) is 3. The van der Waals surface area contributed by atoms with Gasteiger partial charge in [-0.2, -0.15) is 0 Å². The number of nitrogens with one attached hydrogen (secondary N) is 2. The van der Waals surface area contributed by atoms with E-state index in [-0.39, 0.29) is 6.61 Å². The van der Waals surface area contributed by atoms with Crippen molar-refractivity contribution >= 4 is 0 Å². The van der Waals surface area contributed by atoms with Crippen molar-refractivity contribution in [2.45, 2.75) is 27.2 Å². The summed E-state index contributed by atoms with van der Waals surface area (Å²) in [6.45, 7) is 15.3. The molecule has 124 valence electrons. The predicted molar refractivity (Wildman–Crippen MR) is 89.5 cm³/mol. The van der Waals surface area contributed by atoms with Crippen LogP contribution >= 0.6 is 0 Å². The van der Waals surface area contributed by atoms with Crippen molar-refractivity contribution in [2.24, 2.45) is 0 Å². The van der Waals surface area contributed by atoms with Gasteiger partial charge in [-0.25, -0.2) is 0 Å². The Morgan fingerprint density at radius 3 is 1.50 bits per heavy atom. The summed E-state index contributed by atoms with van der Waals surface area (Å²) in [6.07, 6.45) is 1.26. The van der Waals surface area contributed by atoms with Crippen molar-refractivity contribution in [1.82, 2.24) is 20.4 Å². The minimum Gasteiger partial charge on any atom is -0.395 e. The van der Waals surface area contributed by atoms with Crippen LogP contribution in [-0.4, -0.2) is 88.0 Å². The monoisotopic (exact) mass is 290 g/mol. The molecule has 0 saturated carbocycles. The zero-order valence-electron chi connectivity index (χ0n) is 14.4. The summed E-state index contributed by atoms with van der Waals surface area (Å²) in [5, 5.41) is 14.8. The van der Waals surface area contributed by atoms with Gasteiger partial charge in [0.25, 0.3) is 0 Å². The number of aliphatic hydroxyl groups is 1. The Bertz CT molecular complexity index is 152. The molecule has 3 N–H and O–H groups in total. The first kappa shape index (κ1) is 22.1. The molecule has 0 radical (unpaired) electrons. The Hall–Kier alpha value is -0.200. The first-order valence-corrected chi connectivity index (χ1v) is 8.04. The standard InChI is InChI=1S/C8H20N2.C7H18N2O/c1-4-7-10(5-2)8-6-9-3;1-3-9(6-7-10)5-4-8-2/h9H,4-8H2,1-3H3;8,10H,3-7H2,1-2H3. The van der Waals surface area contributed by atoms with E-state index < -0.39 is 0 Å². The van der Waals surface area contributed by atoms with E-state index >= 15 is 0 Å². The third-order valence-electron chi connectivity index (χ3n) is 3.21. The minimum absolute atomic E-state index is 0.261. The zero-order chi connectivity index (χ0) is 15.6. The molecule has 0 spiro atoms. The van der Waals surface area contributed by atoms with Crippen LogP contribution in [0.5, 0.6) is 0 Å². The van der Waals surface area contributed by atoms with Gasteiger partial charge in [0.1, 0.15) is 0 Å². The van der Waals surface area contributed by atoms with Gasteiger partial charge < -0.3 is 25.5 Å². The summed E-state index contributed by atoms with van der Waals surface area (Å²) >= 11 is 0. The number of aliphatic hydroxyl groups excluding tert-OH is 1. The third kappa shape index (κ3) is 15.9. The molecule has 0 heterocycles. The second-order valence-electron chi connectivity index (χ2n) is 4.80. The van der Waals surface area contributed by atoms with Crippen LogP contribution in [0.2, 0.25) is 0 Å². The summed E-state index contributed by atoms with van der Waals surface area (Å²) in [7, 11) is 3.94. The molecule has 0 aromatic heterocycles. The van der Waals surface area contributed by atoms with Gasteiger partial charge in [0, 0.05) is 32.7 Å². The van der Waals surface area contributed by atoms with Crippen LogP contribution in [0.4, 0.5) is 0 Å². The van der Waals surface area contributed by atoms with Crippen molar-refractivity contribution in [1.29, 1.82) is 0 Å². The largest absolute Gasteiger partial charge is 0.395 e. The molecule has 0 aromatic carbocycles. The Kier molecular flexibility index (Phi) is 20.8. The smallest absolute Gasteiger partial charge is 0.0558 e. The minimum atomic E-state index is 0.261. The fourth-order valence-corrected chi connectivity index (χ4v) is 1.85. The lowest BCUT2D eigenvalue weighted by Crippen LogP contribution is -2.32. The van der Waals surface area contributed by atoms with E-state index in [1.165, 1.54) is 26.1 Å². The Balaban J connectivity index is 0. The number of hydrogen-bond acceptors (Lipinski definition) is 5. The number of likely N-dealkylation sites (N-methyl/N-ethyl adjacent to an activating group) is 4. The van der Waals surface area contributed by atoms with Crippen LogP contribution in [-0.2, 0) is 0 Å². The molecule has 0 bridgehead atoms. The Morgan fingerprint density at radius 2 is 1.20 bits per heavy atom. The zero-order valence-corrected chi connectivity index (χ0v) is 14.4. The molecule has 0 aliphatic rings. The number of rotatable bonds is 12. The first-order chi connectivity index (χ1) is 9.69. The average molecular weight is 290 g/mol. The van der Waals surface area contributed by atoms with Crippen LogP contribution in [0.3, 0.4) is 0 Å². The summed E-state index contributed by atoms with van der Waals surface area (Å²) in [4.78, 5) is 4.66. The van der Waals surface area contributed by atoms with E-state index in [1.54, 1.807) is 0 Å². The van der Waals surface area contributed by atoms with E-state index in [4.69, 9.17) is 5.11 Å². The molecular formula is C15H38N4O. The van der Waals surface area contributed by atoms with Crippen LogP contribution in [0, 0.1) is 0 Å². The van der Waals surface area contributed by atoms with Crippen LogP contribution in [0.25, 0.3) is 0 Å². The maximum atomic E-state index is 8.61. The van der Waals surface area contributed by atoms with Gasteiger partial charge in [0.2, 0.25) is 0 Å². The normalized spacial score (nSPS) is 10.8. The summed E-state index contributed by atoms with van der Waals surface area (Å²) in [6, 6.07) is 0. The molecule has 0 atom stereocenters. The van der Waals surface area contributed by atoms with Crippen molar-refractivity contribution < 1.29 is 5.11 Å². The predicted octanol–water partition coefficient (Wildman–Crippen LogP) is 0.458. The van der Waals surface area contributed by atoms with E-state index in [2.05, 4.69) is 41.2 Å². The molecule has 0 aliphatic heterocycles. The molecule has 0 fully saturated rings. The molecule has 0 saturated heterocycles. The SMILES string of the molecule is CCCN(CC)CCNC.CCN(CCO)CCNC. The van der Waals surface area contributed by atoms with Gasteiger partial charge in [-0.05, 0) is 40.2 Å². The van der Waals surface area contributed by atoms with Gasteiger partial charge in [-0.1, -0.05) is 20.8 Å². The second-order valence-corrected chi connectivity index (χ2v) is 4.80. The second kappa shape index (κ2) is 18.8. The number of nitrogens with zero attached hydrogens (tertiary/aromatic N) is 2. The Labute approximate surface area is 126 Å². The highest BCUT2D eigenvalue weighted by Gasteiger charge is 1.98. The van der Waals surface area contributed by atoms with Crippen LogP contribution in [0.1, 0.15) is 27.2 Å². The summed E-state index contributed by atoms with van der Waals surface area (Å²) in [5.74, 6) is 0. The van der Waals surface area contributed by atoms with Gasteiger partial charge >= 0.3 is 0 Å². The first-order valence-electron chi connectivity index (χ1n) is 8.04. The molecule has 20 heavy (non-hydrogen) atoms. The van der Waals surface area contributed by atoms with E-state index in [1.807, 2.05) is 14.1 Å². The van der Waals surface area contributed by atoms with Crippen molar-refractivity contribution in [3.63, 3.8) is 0 Å². The van der Waals surface area contributed by atoms with Crippen LogP contribution in [0.15, 0.2) is 0 Å². The third-order valence-corrected chi connectivity index (χ3v) is 3.21. The molecule has 0 unspecified atom stereocenters. The molecular weight excluding hydrogens is 252 g/mol. The van der Waals surface area contributed by atoms with Gasteiger partial charge in [-0.15, -0.1) is 0 Å². The molecule has 5 heteroatoms. The summed E-state index contributed by atoms with van der Waals surface area (Å²) < 4.78 is 0. The molecule has 0 aromatic rings. The fraction of sp³-hybridized carbons (Fsp3) is 1.00. The lowest BCUT2D eigenvalue weighted by Gasteiger charge is -2.18. The summed E-state index contributed by atoms with van der Waals surface area (Å²) in [5.41, 5.74) is 0. The maximum absolute atomic E-state index is 8.61. The van der Waals surface area contributed by atoms with Crippen molar-refractivity contribution in [3.05, 3.63) is 0 Å². The quantitative estimate of drug-likeness (QED) is 0.487. The van der Waals surface area contributed by atoms with Crippen molar-refractivity contribution in [3.8, 4) is 0 Å². The molecule has 0 amide bonds. The maximum Gasteiger partial charge on any atom is 0.0558 e. The highest BCUT2D eigenvalue weighted by molar-refractivity contribution is 4.55. The Morgan fingerprint density at radius 1 is 0.750 bits per heavy atom. The van der Waals surface area contributed by atoms with Gasteiger partial charge in [0.05, 0.1) is 6.61 Å².